The van der Waals surface area contributed by atoms with Gasteiger partial charge in [-0.25, -0.2) is 9.89 Å². The molecule has 2 heterocycles. The molecule has 36 heavy (non-hydrogen) atoms. The number of aryl methyl sites for hydroxylation is 2. The van der Waals surface area contributed by atoms with Crippen molar-refractivity contribution in [3.05, 3.63) is 106 Å². The summed E-state index contributed by atoms with van der Waals surface area (Å²) in [6.45, 7) is 4.84. The van der Waals surface area contributed by atoms with Gasteiger partial charge in [-0.3, -0.25) is 9.13 Å². The Kier molecular flexibility index (Phi) is 6.89. The molecule has 0 saturated heterocycles. The third-order valence-electron chi connectivity index (χ3n) is 6.61. The molecule has 0 fully saturated rings. The van der Waals surface area contributed by atoms with Crippen LogP contribution in [-0.4, -0.2) is 29.8 Å². The summed E-state index contributed by atoms with van der Waals surface area (Å²) in [4.78, 5) is 13.6. The van der Waals surface area contributed by atoms with Crippen LogP contribution < -0.4 is 5.69 Å². The molecule has 3 aromatic carbocycles. The van der Waals surface area contributed by atoms with Crippen LogP contribution in [-0.2, 0) is 19.4 Å². The number of H-pyrrole nitrogens is 1. The van der Waals surface area contributed by atoms with Gasteiger partial charge in [0, 0.05) is 17.5 Å². The summed E-state index contributed by atoms with van der Waals surface area (Å²) in [6, 6.07) is 24.6. The molecule has 1 N–H and O–H groups in total. The zero-order valence-electron chi connectivity index (χ0n) is 20.7. The second-order valence-electron chi connectivity index (χ2n) is 8.94. The molecule has 0 aliphatic carbocycles. The highest BCUT2D eigenvalue weighted by atomic mass is 16.1. The van der Waals surface area contributed by atoms with E-state index in [0.29, 0.717) is 12.4 Å². The van der Waals surface area contributed by atoms with E-state index in [4.69, 9.17) is 0 Å². The number of nitrogens with zero attached hydrogens (tertiary/aromatic N) is 5. The quantitative estimate of drug-likeness (QED) is 0.306. The Labute approximate surface area is 210 Å². The number of hydrogen-bond acceptors (Lipinski definition) is 4. The van der Waals surface area contributed by atoms with Crippen LogP contribution in [0.3, 0.4) is 0 Å². The molecular weight excluding hydrogens is 448 g/mol. The fourth-order valence-electron chi connectivity index (χ4n) is 4.66. The number of benzene rings is 3. The molecule has 5 rings (SSSR count). The summed E-state index contributed by atoms with van der Waals surface area (Å²) >= 11 is 0. The predicted molar refractivity (Wildman–Crippen MR) is 142 cm³/mol. The van der Waals surface area contributed by atoms with Gasteiger partial charge in [0.05, 0.1) is 12.2 Å². The van der Waals surface area contributed by atoms with Gasteiger partial charge in [0.2, 0.25) is 0 Å². The highest BCUT2D eigenvalue weighted by Gasteiger charge is 2.15. The van der Waals surface area contributed by atoms with Crippen LogP contribution >= 0.6 is 0 Å². The number of para-hydroxylation sites is 1. The van der Waals surface area contributed by atoms with Gasteiger partial charge in [0.1, 0.15) is 0 Å². The van der Waals surface area contributed by atoms with Crippen molar-refractivity contribution in [2.75, 3.05) is 0 Å². The first-order chi connectivity index (χ1) is 17.7. The topological polar surface area (TPSA) is 81.4 Å². The monoisotopic (exact) mass is 478 g/mol. The summed E-state index contributed by atoms with van der Waals surface area (Å²) < 4.78 is 3.74. The number of unbranched alkanes of at least 4 members (excludes halogenated alkanes) is 1. The van der Waals surface area contributed by atoms with Gasteiger partial charge in [-0.1, -0.05) is 87.0 Å². The van der Waals surface area contributed by atoms with Gasteiger partial charge in [0.15, 0.2) is 5.82 Å². The van der Waals surface area contributed by atoms with Crippen LogP contribution in [0.1, 0.15) is 43.5 Å². The molecule has 2 aromatic heterocycles. The third-order valence-corrected chi connectivity index (χ3v) is 6.61. The van der Waals surface area contributed by atoms with E-state index >= 15 is 0 Å². The fourth-order valence-corrected chi connectivity index (χ4v) is 4.66. The standard InChI is InChI=1S/C29H30N6O/c1-3-5-11-24-20-35(27-14-9-6-10-22(27)4-2)29(36)34(24)19-21-15-17-23(18-16-21)25-12-7-8-13-26(25)28-30-32-33-31-28/h6-10,12-18,20H,3-5,11,19H2,1-2H3,(H,30,31,32,33). The number of imidazole rings is 1. The normalized spacial score (nSPS) is 11.2. The highest BCUT2D eigenvalue weighted by Crippen LogP contribution is 2.30. The molecule has 7 nitrogen and oxygen atoms in total. The second-order valence-corrected chi connectivity index (χ2v) is 8.94. The molecule has 0 unspecified atom stereocenters. The van der Waals surface area contributed by atoms with E-state index in [1.807, 2.05) is 51.7 Å². The van der Waals surface area contributed by atoms with Gasteiger partial charge >= 0.3 is 5.69 Å². The molecule has 7 heteroatoms. The van der Waals surface area contributed by atoms with Crippen LogP contribution in [0.5, 0.6) is 0 Å². The minimum absolute atomic E-state index is 0.00856. The number of hydrogen-bond donors (Lipinski definition) is 1. The number of nitrogens with one attached hydrogen (secondary N) is 1. The molecule has 0 atom stereocenters. The number of tetrazole rings is 1. The van der Waals surface area contributed by atoms with Crippen molar-refractivity contribution in [3.8, 4) is 28.2 Å². The van der Waals surface area contributed by atoms with E-state index in [-0.39, 0.29) is 5.69 Å². The molecule has 0 saturated carbocycles. The van der Waals surface area contributed by atoms with Crippen molar-refractivity contribution < 1.29 is 0 Å². The molecule has 0 aliphatic heterocycles. The van der Waals surface area contributed by atoms with Gasteiger partial charge < -0.3 is 0 Å². The predicted octanol–water partition coefficient (Wildman–Crippen LogP) is 5.44. The minimum Gasteiger partial charge on any atom is -0.292 e. The smallest absolute Gasteiger partial charge is 0.292 e. The summed E-state index contributed by atoms with van der Waals surface area (Å²) in [5, 5.41) is 14.3. The number of aromatic nitrogens is 6. The van der Waals surface area contributed by atoms with E-state index in [0.717, 1.165) is 59.3 Å². The van der Waals surface area contributed by atoms with Crippen LogP contribution in [0, 0.1) is 0 Å². The van der Waals surface area contributed by atoms with Crippen molar-refractivity contribution in [1.82, 2.24) is 29.8 Å². The molecule has 0 radical (unpaired) electrons. The third kappa shape index (κ3) is 4.64. The van der Waals surface area contributed by atoms with Crippen LogP contribution in [0.4, 0.5) is 0 Å². The second kappa shape index (κ2) is 10.6. The van der Waals surface area contributed by atoms with E-state index in [2.05, 4.69) is 70.9 Å². The summed E-state index contributed by atoms with van der Waals surface area (Å²) in [6.07, 6.45) is 5.92. The average molecular weight is 479 g/mol. The Morgan fingerprint density at radius 3 is 2.36 bits per heavy atom. The van der Waals surface area contributed by atoms with Crippen LogP contribution in [0.15, 0.2) is 83.8 Å². The van der Waals surface area contributed by atoms with Gasteiger partial charge in [-0.2, -0.15) is 0 Å². The lowest BCUT2D eigenvalue weighted by molar-refractivity contribution is 0.673. The largest absolute Gasteiger partial charge is 0.333 e. The van der Waals surface area contributed by atoms with E-state index in [1.54, 1.807) is 0 Å². The summed E-state index contributed by atoms with van der Waals surface area (Å²) in [5.74, 6) is 0.635. The average Bonchev–Trinajstić information content (AvgIpc) is 3.57. The van der Waals surface area contributed by atoms with Crippen molar-refractivity contribution in [2.24, 2.45) is 0 Å². The molecule has 0 bridgehead atoms. The maximum absolute atomic E-state index is 13.6. The summed E-state index contributed by atoms with van der Waals surface area (Å²) in [5.41, 5.74) is 7.36. The molecule has 5 aromatic rings. The van der Waals surface area contributed by atoms with Crippen LogP contribution in [0.2, 0.25) is 0 Å². The van der Waals surface area contributed by atoms with Crippen molar-refractivity contribution in [3.63, 3.8) is 0 Å². The highest BCUT2D eigenvalue weighted by molar-refractivity contribution is 5.80. The Morgan fingerprint density at radius 2 is 1.64 bits per heavy atom. The maximum Gasteiger partial charge on any atom is 0.333 e. The zero-order valence-corrected chi connectivity index (χ0v) is 20.7. The first kappa shape index (κ1) is 23.5. The molecule has 0 amide bonds. The summed E-state index contributed by atoms with van der Waals surface area (Å²) in [7, 11) is 0. The Morgan fingerprint density at radius 1 is 0.889 bits per heavy atom. The molecular formula is C29H30N6O. The number of rotatable bonds is 9. The van der Waals surface area contributed by atoms with Crippen molar-refractivity contribution in [1.29, 1.82) is 0 Å². The Balaban J connectivity index is 1.48. The van der Waals surface area contributed by atoms with Gasteiger partial charge in [-0.15, -0.1) is 5.10 Å². The first-order valence-corrected chi connectivity index (χ1v) is 12.5. The molecule has 0 aliphatic rings. The maximum atomic E-state index is 13.6. The molecule has 0 spiro atoms. The minimum atomic E-state index is 0.00856. The Hall–Kier alpha value is -4.26. The van der Waals surface area contributed by atoms with Crippen molar-refractivity contribution >= 4 is 0 Å². The zero-order chi connectivity index (χ0) is 24.9. The SMILES string of the molecule is CCCCc1cn(-c2ccccc2CC)c(=O)n1Cc1ccc(-c2ccccc2-c2nnn[nH]2)cc1. The van der Waals surface area contributed by atoms with E-state index in [1.165, 1.54) is 5.56 Å². The van der Waals surface area contributed by atoms with E-state index < -0.39 is 0 Å². The lowest BCUT2D eigenvalue weighted by Crippen LogP contribution is -2.25. The lowest BCUT2D eigenvalue weighted by Gasteiger charge is -2.10. The number of aromatic amines is 1. The lowest BCUT2D eigenvalue weighted by atomic mass is 9.98. The van der Waals surface area contributed by atoms with Crippen LogP contribution in [0.25, 0.3) is 28.2 Å². The fraction of sp³-hybridized carbons (Fsp3) is 0.241. The molecule has 182 valence electrons. The first-order valence-electron chi connectivity index (χ1n) is 12.5. The Bertz CT molecular complexity index is 1500. The van der Waals surface area contributed by atoms with Crippen molar-refractivity contribution in [2.45, 2.75) is 46.1 Å². The van der Waals surface area contributed by atoms with Gasteiger partial charge in [-0.05, 0) is 58.0 Å². The van der Waals surface area contributed by atoms with Gasteiger partial charge in [0.25, 0.3) is 0 Å². The van der Waals surface area contributed by atoms with E-state index in [9.17, 15) is 4.79 Å².